The zero-order chi connectivity index (χ0) is 25.9. The molecule has 0 radical (unpaired) electrons. The van der Waals surface area contributed by atoms with E-state index in [1.165, 1.54) is 12.1 Å². The second-order valence-electron chi connectivity index (χ2n) is 8.84. The van der Waals surface area contributed by atoms with Gasteiger partial charge in [-0.3, -0.25) is 4.98 Å². The fourth-order valence-electron chi connectivity index (χ4n) is 3.10. The predicted molar refractivity (Wildman–Crippen MR) is 127 cm³/mol. The van der Waals surface area contributed by atoms with Crippen LogP contribution in [0.25, 0.3) is 11.5 Å². The third kappa shape index (κ3) is 6.41. The quantitative estimate of drug-likeness (QED) is 0.461. The lowest BCUT2D eigenvalue weighted by atomic mass is 10.0. The number of anilines is 3. The standard InChI is InChI=1S/C22H21F3N8.C2H6/c1-20(2,3)33-19-31-17(14-5-4-6-15(29-14)22(23,24)25)30-18(32-19)28-13-7-10-27-16(11-13)21(12-26)8-9-21;1-2/h4-7,10-11H,8-9H2,1-3H3,(H2,27,28,30,31,32,33);1-2H3. The molecule has 0 aliphatic heterocycles. The van der Waals surface area contributed by atoms with E-state index in [0.29, 0.717) is 11.4 Å². The van der Waals surface area contributed by atoms with Gasteiger partial charge in [0.1, 0.15) is 11.4 Å². The second kappa shape index (κ2) is 9.82. The number of alkyl halides is 3. The largest absolute Gasteiger partial charge is 0.433 e. The zero-order valence-electron chi connectivity index (χ0n) is 20.2. The summed E-state index contributed by atoms with van der Waals surface area (Å²) in [6, 6.07) is 9.29. The zero-order valence-corrected chi connectivity index (χ0v) is 20.2. The van der Waals surface area contributed by atoms with E-state index in [0.717, 1.165) is 18.9 Å². The number of halogens is 3. The molecule has 1 aliphatic rings. The number of pyridine rings is 2. The van der Waals surface area contributed by atoms with Crippen molar-refractivity contribution in [2.75, 3.05) is 10.6 Å². The monoisotopic (exact) mass is 484 g/mol. The van der Waals surface area contributed by atoms with Crippen LogP contribution in [0, 0.1) is 11.3 Å². The van der Waals surface area contributed by atoms with Crippen molar-refractivity contribution < 1.29 is 13.2 Å². The Labute approximate surface area is 202 Å². The molecule has 35 heavy (non-hydrogen) atoms. The number of nitriles is 1. The summed E-state index contributed by atoms with van der Waals surface area (Å²) in [5, 5.41) is 15.6. The van der Waals surface area contributed by atoms with Crippen LogP contribution in [-0.2, 0) is 11.6 Å². The van der Waals surface area contributed by atoms with Crippen LogP contribution in [0.2, 0.25) is 0 Å². The Hall–Kier alpha value is -3.81. The van der Waals surface area contributed by atoms with Crippen LogP contribution in [0.3, 0.4) is 0 Å². The molecule has 3 heterocycles. The highest BCUT2D eigenvalue weighted by Gasteiger charge is 2.46. The van der Waals surface area contributed by atoms with Crippen molar-refractivity contribution in [3.8, 4) is 17.6 Å². The first kappa shape index (κ1) is 25.8. The topological polar surface area (TPSA) is 112 Å². The molecule has 2 N–H and O–H groups in total. The van der Waals surface area contributed by atoms with Crippen LogP contribution in [0.15, 0.2) is 36.5 Å². The molecule has 0 unspecified atom stereocenters. The van der Waals surface area contributed by atoms with Gasteiger partial charge in [-0.2, -0.15) is 33.4 Å². The van der Waals surface area contributed by atoms with Gasteiger partial charge in [0.2, 0.25) is 11.9 Å². The summed E-state index contributed by atoms with van der Waals surface area (Å²) in [5.74, 6) is 0.277. The molecular weight excluding hydrogens is 457 g/mol. The molecule has 0 saturated heterocycles. The SMILES string of the molecule is CC.CC(C)(C)Nc1nc(Nc2ccnc(C3(C#N)CC3)c2)nc(-c2cccc(C(F)(F)F)n2)n1. The molecule has 4 rings (SSSR count). The number of hydrogen-bond donors (Lipinski definition) is 2. The Morgan fingerprint density at radius 2 is 1.66 bits per heavy atom. The maximum absolute atomic E-state index is 13.2. The maximum atomic E-state index is 13.2. The molecule has 3 aromatic heterocycles. The summed E-state index contributed by atoms with van der Waals surface area (Å²) in [7, 11) is 0. The van der Waals surface area contributed by atoms with Gasteiger partial charge >= 0.3 is 6.18 Å². The summed E-state index contributed by atoms with van der Waals surface area (Å²) < 4.78 is 39.5. The van der Waals surface area contributed by atoms with Crippen molar-refractivity contribution in [2.24, 2.45) is 0 Å². The molecule has 1 fully saturated rings. The number of nitrogens with zero attached hydrogens (tertiary/aromatic N) is 6. The van der Waals surface area contributed by atoms with Crippen molar-refractivity contribution in [3.63, 3.8) is 0 Å². The Morgan fingerprint density at radius 1 is 0.971 bits per heavy atom. The van der Waals surface area contributed by atoms with Crippen LogP contribution in [0.1, 0.15) is 58.8 Å². The molecule has 184 valence electrons. The lowest BCUT2D eigenvalue weighted by Gasteiger charge is -2.21. The molecule has 0 spiro atoms. The second-order valence-corrected chi connectivity index (χ2v) is 8.84. The third-order valence-corrected chi connectivity index (χ3v) is 4.86. The van der Waals surface area contributed by atoms with Crippen molar-refractivity contribution in [2.45, 2.75) is 64.6 Å². The normalized spacial score (nSPS) is 14.3. The minimum absolute atomic E-state index is 0.0182. The minimum Gasteiger partial charge on any atom is -0.349 e. The molecule has 0 bridgehead atoms. The van der Waals surface area contributed by atoms with E-state index < -0.39 is 22.8 Å². The van der Waals surface area contributed by atoms with E-state index >= 15 is 0 Å². The van der Waals surface area contributed by atoms with Crippen LogP contribution >= 0.6 is 0 Å². The minimum atomic E-state index is -4.59. The summed E-state index contributed by atoms with van der Waals surface area (Å²) in [6.45, 7) is 9.70. The fourth-order valence-corrected chi connectivity index (χ4v) is 3.10. The smallest absolute Gasteiger partial charge is 0.349 e. The third-order valence-electron chi connectivity index (χ3n) is 4.86. The lowest BCUT2D eigenvalue weighted by Crippen LogP contribution is -2.27. The summed E-state index contributed by atoms with van der Waals surface area (Å²) in [4.78, 5) is 20.9. The van der Waals surface area contributed by atoms with Crippen LogP contribution in [0.5, 0.6) is 0 Å². The van der Waals surface area contributed by atoms with E-state index in [2.05, 4.69) is 41.6 Å². The summed E-state index contributed by atoms with van der Waals surface area (Å²) in [5.41, 5.74) is -0.807. The Balaban J connectivity index is 0.00000167. The van der Waals surface area contributed by atoms with Crippen LogP contribution < -0.4 is 10.6 Å². The molecular formula is C24H27F3N8. The maximum Gasteiger partial charge on any atom is 0.433 e. The van der Waals surface area contributed by atoms with Crippen LogP contribution in [-0.4, -0.2) is 30.5 Å². The van der Waals surface area contributed by atoms with Gasteiger partial charge < -0.3 is 10.6 Å². The fraction of sp³-hybridized carbons (Fsp3) is 0.417. The number of aromatic nitrogens is 5. The highest BCUT2D eigenvalue weighted by molar-refractivity contribution is 5.60. The number of rotatable bonds is 5. The molecule has 3 aromatic rings. The van der Waals surface area contributed by atoms with Gasteiger partial charge in [0, 0.05) is 17.4 Å². The first-order chi connectivity index (χ1) is 16.5. The van der Waals surface area contributed by atoms with Gasteiger partial charge in [-0.25, -0.2) is 4.98 Å². The Bertz CT molecular complexity index is 1220. The molecule has 0 atom stereocenters. The molecule has 8 nitrogen and oxygen atoms in total. The number of hydrogen-bond acceptors (Lipinski definition) is 8. The van der Waals surface area contributed by atoms with Gasteiger partial charge in [-0.15, -0.1) is 0 Å². The van der Waals surface area contributed by atoms with Gasteiger partial charge in [-0.1, -0.05) is 19.9 Å². The van der Waals surface area contributed by atoms with Crippen molar-refractivity contribution >= 4 is 17.6 Å². The average molecular weight is 485 g/mol. The predicted octanol–water partition coefficient (Wildman–Crippen LogP) is 5.88. The molecule has 1 aliphatic carbocycles. The van der Waals surface area contributed by atoms with Crippen LogP contribution in [0.4, 0.5) is 30.8 Å². The molecule has 0 aromatic carbocycles. The van der Waals surface area contributed by atoms with E-state index in [-0.39, 0.29) is 23.4 Å². The Morgan fingerprint density at radius 3 is 2.26 bits per heavy atom. The first-order valence-electron chi connectivity index (χ1n) is 11.2. The van der Waals surface area contributed by atoms with E-state index in [4.69, 9.17) is 0 Å². The Kier molecular flexibility index (Phi) is 7.24. The van der Waals surface area contributed by atoms with Gasteiger partial charge in [-0.05, 0) is 57.9 Å². The van der Waals surface area contributed by atoms with Gasteiger partial charge in [0.15, 0.2) is 5.82 Å². The average Bonchev–Trinajstić information content (AvgIpc) is 3.60. The van der Waals surface area contributed by atoms with E-state index in [9.17, 15) is 18.4 Å². The molecule has 1 saturated carbocycles. The summed E-state index contributed by atoms with van der Waals surface area (Å²) >= 11 is 0. The first-order valence-corrected chi connectivity index (χ1v) is 11.2. The molecule has 0 amide bonds. The van der Waals surface area contributed by atoms with Crippen molar-refractivity contribution in [1.82, 2.24) is 24.9 Å². The van der Waals surface area contributed by atoms with Crippen molar-refractivity contribution in [1.29, 1.82) is 5.26 Å². The highest BCUT2D eigenvalue weighted by atomic mass is 19.4. The van der Waals surface area contributed by atoms with E-state index in [1.807, 2.05) is 34.6 Å². The number of nitrogens with one attached hydrogen (secondary N) is 2. The van der Waals surface area contributed by atoms with E-state index in [1.54, 1.807) is 18.3 Å². The van der Waals surface area contributed by atoms with Gasteiger partial charge in [0.05, 0.1) is 17.2 Å². The van der Waals surface area contributed by atoms with Gasteiger partial charge in [0.25, 0.3) is 0 Å². The lowest BCUT2D eigenvalue weighted by molar-refractivity contribution is -0.141. The molecule has 11 heteroatoms. The highest BCUT2D eigenvalue weighted by Crippen LogP contribution is 2.47. The van der Waals surface area contributed by atoms with Crippen molar-refractivity contribution in [3.05, 3.63) is 47.9 Å². The summed E-state index contributed by atoms with van der Waals surface area (Å²) in [6.07, 6.45) is -1.52.